The second-order valence-electron chi connectivity index (χ2n) is 4.42. The van der Waals surface area contributed by atoms with Crippen molar-refractivity contribution in [1.29, 1.82) is 0 Å². The van der Waals surface area contributed by atoms with Gasteiger partial charge in [0.05, 0.1) is 5.69 Å². The normalized spacial score (nSPS) is 17.4. The highest BCUT2D eigenvalue weighted by Gasteiger charge is 2.25. The van der Waals surface area contributed by atoms with Crippen LogP contribution in [0.4, 0.5) is 0 Å². The fourth-order valence-electron chi connectivity index (χ4n) is 1.94. The van der Waals surface area contributed by atoms with Gasteiger partial charge in [-0.05, 0) is 26.7 Å². The molecule has 2 rings (SSSR count). The van der Waals surface area contributed by atoms with Crippen LogP contribution in [-0.4, -0.2) is 9.55 Å². The Bertz CT molecular complexity index is 310. The van der Waals surface area contributed by atoms with Crippen LogP contribution in [0.3, 0.4) is 0 Å². The maximum absolute atomic E-state index is 5.62. The van der Waals surface area contributed by atoms with E-state index in [1.54, 1.807) is 0 Å². The molecule has 1 fully saturated rings. The Morgan fingerprint density at radius 3 is 2.71 bits per heavy atom. The van der Waals surface area contributed by atoms with Gasteiger partial charge < -0.3 is 10.3 Å². The van der Waals surface area contributed by atoms with Crippen LogP contribution in [-0.2, 0) is 6.54 Å². The Morgan fingerprint density at radius 1 is 1.57 bits per heavy atom. The zero-order valence-electron chi connectivity index (χ0n) is 9.03. The van der Waals surface area contributed by atoms with Crippen molar-refractivity contribution in [2.75, 3.05) is 0 Å². The molecule has 0 aliphatic heterocycles. The minimum absolute atomic E-state index is 0.499. The molecule has 0 aromatic carbocycles. The molecular weight excluding hydrogens is 174 g/mol. The molecule has 3 nitrogen and oxygen atoms in total. The zero-order chi connectivity index (χ0) is 10.1. The molecule has 1 heterocycles. The molecule has 0 amide bonds. The Hall–Kier alpha value is -0.830. The number of nitrogens with two attached hydrogens (primary N) is 1. The molecule has 0 unspecified atom stereocenters. The van der Waals surface area contributed by atoms with E-state index >= 15 is 0 Å². The van der Waals surface area contributed by atoms with E-state index < -0.39 is 0 Å². The van der Waals surface area contributed by atoms with E-state index in [2.05, 4.69) is 29.6 Å². The third-order valence-corrected chi connectivity index (χ3v) is 3.05. The highest BCUT2D eigenvalue weighted by atomic mass is 15.1. The van der Waals surface area contributed by atoms with E-state index in [0.717, 1.165) is 5.69 Å². The quantitative estimate of drug-likeness (QED) is 0.799. The summed E-state index contributed by atoms with van der Waals surface area (Å²) in [6.07, 6.45) is 6.06. The van der Waals surface area contributed by atoms with Crippen molar-refractivity contribution in [2.45, 2.75) is 51.6 Å². The van der Waals surface area contributed by atoms with Gasteiger partial charge in [-0.3, -0.25) is 0 Å². The lowest BCUT2D eigenvalue weighted by atomic mass is 9.84. The van der Waals surface area contributed by atoms with E-state index in [1.807, 2.05) is 0 Å². The summed E-state index contributed by atoms with van der Waals surface area (Å²) < 4.78 is 2.28. The standard InChI is InChI=1S/C11H19N3/c1-8(2)14-7-10(6-12)13-11(14)9-4-3-5-9/h7-9H,3-6,12H2,1-2H3. The van der Waals surface area contributed by atoms with E-state index in [0.29, 0.717) is 18.5 Å². The van der Waals surface area contributed by atoms with Gasteiger partial charge in [-0.15, -0.1) is 0 Å². The van der Waals surface area contributed by atoms with Gasteiger partial charge in [-0.2, -0.15) is 0 Å². The van der Waals surface area contributed by atoms with Crippen molar-refractivity contribution < 1.29 is 0 Å². The van der Waals surface area contributed by atoms with E-state index in [1.165, 1.54) is 25.1 Å². The molecular formula is C11H19N3. The summed E-state index contributed by atoms with van der Waals surface area (Å²) in [5, 5.41) is 0. The molecule has 0 atom stereocenters. The highest BCUT2D eigenvalue weighted by molar-refractivity contribution is 5.11. The van der Waals surface area contributed by atoms with Gasteiger partial charge in [0, 0.05) is 24.7 Å². The van der Waals surface area contributed by atoms with Crippen molar-refractivity contribution in [1.82, 2.24) is 9.55 Å². The van der Waals surface area contributed by atoms with Crippen molar-refractivity contribution in [3.8, 4) is 0 Å². The lowest BCUT2D eigenvalue weighted by molar-refractivity contribution is 0.378. The maximum atomic E-state index is 5.62. The van der Waals surface area contributed by atoms with Gasteiger partial charge in [-0.1, -0.05) is 6.42 Å². The summed E-state index contributed by atoms with van der Waals surface area (Å²) >= 11 is 0. The summed E-state index contributed by atoms with van der Waals surface area (Å²) in [6, 6.07) is 0.499. The highest BCUT2D eigenvalue weighted by Crippen LogP contribution is 2.36. The lowest BCUT2D eigenvalue weighted by Crippen LogP contribution is -2.16. The van der Waals surface area contributed by atoms with E-state index in [-0.39, 0.29) is 0 Å². The first-order chi connectivity index (χ1) is 6.72. The summed E-state index contributed by atoms with van der Waals surface area (Å²) in [5.41, 5.74) is 6.64. The molecule has 0 bridgehead atoms. The van der Waals surface area contributed by atoms with Crippen LogP contribution >= 0.6 is 0 Å². The predicted octanol–water partition coefficient (Wildman–Crippen LogP) is 2.19. The van der Waals surface area contributed by atoms with Crippen molar-refractivity contribution in [2.24, 2.45) is 5.73 Å². The van der Waals surface area contributed by atoms with Crippen LogP contribution in [0.25, 0.3) is 0 Å². The molecule has 1 aliphatic rings. The molecule has 1 saturated carbocycles. The van der Waals surface area contributed by atoms with Crippen LogP contribution < -0.4 is 5.73 Å². The zero-order valence-corrected chi connectivity index (χ0v) is 9.03. The number of aromatic nitrogens is 2. The second-order valence-corrected chi connectivity index (χ2v) is 4.42. The smallest absolute Gasteiger partial charge is 0.112 e. The molecule has 0 spiro atoms. The molecule has 0 saturated heterocycles. The summed E-state index contributed by atoms with van der Waals surface area (Å²) in [4.78, 5) is 4.61. The summed E-state index contributed by atoms with van der Waals surface area (Å²) in [6.45, 7) is 4.95. The Morgan fingerprint density at radius 2 is 2.29 bits per heavy atom. The minimum atomic E-state index is 0.499. The Balaban J connectivity index is 2.30. The van der Waals surface area contributed by atoms with Gasteiger partial charge in [-0.25, -0.2) is 4.98 Å². The van der Waals surface area contributed by atoms with Crippen LogP contribution in [0.2, 0.25) is 0 Å². The predicted molar refractivity (Wildman–Crippen MR) is 57.1 cm³/mol. The molecule has 78 valence electrons. The topological polar surface area (TPSA) is 43.8 Å². The molecule has 1 aromatic heterocycles. The Labute approximate surface area is 85.3 Å². The summed E-state index contributed by atoms with van der Waals surface area (Å²) in [7, 11) is 0. The molecule has 3 heteroatoms. The van der Waals surface area contributed by atoms with Crippen LogP contribution in [0.15, 0.2) is 6.20 Å². The van der Waals surface area contributed by atoms with Gasteiger partial charge >= 0.3 is 0 Å². The van der Waals surface area contributed by atoms with Crippen LogP contribution in [0.5, 0.6) is 0 Å². The fraction of sp³-hybridized carbons (Fsp3) is 0.727. The average molecular weight is 193 g/mol. The molecule has 1 aromatic rings. The molecule has 1 aliphatic carbocycles. The van der Waals surface area contributed by atoms with Crippen LogP contribution in [0, 0.1) is 0 Å². The first kappa shape index (κ1) is 9.71. The van der Waals surface area contributed by atoms with Crippen molar-refractivity contribution in [3.05, 3.63) is 17.7 Å². The van der Waals surface area contributed by atoms with E-state index in [4.69, 9.17) is 5.73 Å². The second kappa shape index (κ2) is 3.73. The first-order valence-electron chi connectivity index (χ1n) is 5.50. The van der Waals surface area contributed by atoms with Crippen LogP contribution in [0.1, 0.15) is 56.6 Å². The van der Waals surface area contributed by atoms with Gasteiger partial charge in [0.1, 0.15) is 5.82 Å². The van der Waals surface area contributed by atoms with Crippen molar-refractivity contribution in [3.63, 3.8) is 0 Å². The van der Waals surface area contributed by atoms with Gasteiger partial charge in [0.25, 0.3) is 0 Å². The third-order valence-electron chi connectivity index (χ3n) is 3.05. The maximum Gasteiger partial charge on any atom is 0.112 e. The molecule has 14 heavy (non-hydrogen) atoms. The average Bonchev–Trinajstić information content (AvgIpc) is 2.45. The monoisotopic (exact) mass is 193 g/mol. The Kier molecular flexibility index (Phi) is 2.59. The number of nitrogens with zero attached hydrogens (tertiary/aromatic N) is 2. The van der Waals surface area contributed by atoms with Gasteiger partial charge in [0.15, 0.2) is 0 Å². The first-order valence-corrected chi connectivity index (χ1v) is 5.50. The third kappa shape index (κ3) is 1.57. The number of hydrogen-bond donors (Lipinski definition) is 1. The largest absolute Gasteiger partial charge is 0.332 e. The lowest BCUT2D eigenvalue weighted by Gasteiger charge is -2.26. The number of rotatable bonds is 3. The summed E-state index contributed by atoms with van der Waals surface area (Å²) in [5.74, 6) is 1.95. The number of hydrogen-bond acceptors (Lipinski definition) is 2. The van der Waals surface area contributed by atoms with Crippen molar-refractivity contribution >= 4 is 0 Å². The van der Waals surface area contributed by atoms with E-state index in [9.17, 15) is 0 Å². The molecule has 2 N–H and O–H groups in total. The minimum Gasteiger partial charge on any atom is -0.332 e. The number of imidazole rings is 1. The molecule has 0 radical (unpaired) electrons. The fourth-order valence-corrected chi connectivity index (χ4v) is 1.94. The SMILES string of the molecule is CC(C)n1cc(CN)nc1C1CCC1. The van der Waals surface area contributed by atoms with Gasteiger partial charge in [0.2, 0.25) is 0 Å².